The van der Waals surface area contributed by atoms with Gasteiger partial charge < -0.3 is 4.90 Å². The second kappa shape index (κ2) is 4.81. The molecule has 0 bridgehead atoms. The fourth-order valence-electron chi connectivity index (χ4n) is 2.31. The summed E-state index contributed by atoms with van der Waals surface area (Å²) in [5.74, 6) is 0. The van der Waals surface area contributed by atoms with Crippen LogP contribution in [0.15, 0.2) is 30.0 Å². The first-order valence-electron chi connectivity index (χ1n) is 6.32. The molecule has 1 aromatic heterocycles. The number of aromatic nitrogens is 1. The highest BCUT2D eigenvalue weighted by molar-refractivity contribution is 5.56. The van der Waals surface area contributed by atoms with Gasteiger partial charge in [-0.05, 0) is 24.0 Å². The summed E-state index contributed by atoms with van der Waals surface area (Å²) < 4.78 is 0. The van der Waals surface area contributed by atoms with Gasteiger partial charge in [0, 0.05) is 19.3 Å². The van der Waals surface area contributed by atoms with Gasteiger partial charge in [-0.25, -0.2) is 4.98 Å². The van der Waals surface area contributed by atoms with Crippen LogP contribution in [0.3, 0.4) is 0 Å². The van der Waals surface area contributed by atoms with Crippen LogP contribution in [-0.2, 0) is 0 Å². The van der Waals surface area contributed by atoms with Gasteiger partial charge in [0.05, 0.1) is 5.69 Å². The fraction of sp³-hybridized carbons (Fsp3) is 0.467. The van der Waals surface area contributed by atoms with Crippen LogP contribution in [0.5, 0.6) is 0 Å². The van der Waals surface area contributed by atoms with Crippen LogP contribution in [0, 0.1) is 16.7 Å². The Morgan fingerprint density at radius 2 is 2.17 bits per heavy atom. The van der Waals surface area contributed by atoms with E-state index < -0.39 is 0 Å². The quantitative estimate of drug-likeness (QED) is 0.709. The van der Waals surface area contributed by atoms with Crippen molar-refractivity contribution in [1.82, 2.24) is 4.98 Å². The topological polar surface area (TPSA) is 39.9 Å². The highest BCUT2D eigenvalue weighted by Gasteiger charge is 2.22. The number of nitriles is 1. The van der Waals surface area contributed by atoms with Gasteiger partial charge in [0.2, 0.25) is 0 Å². The van der Waals surface area contributed by atoms with Crippen molar-refractivity contribution in [3.63, 3.8) is 0 Å². The largest absolute Gasteiger partial charge is 0.365 e. The summed E-state index contributed by atoms with van der Waals surface area (Å²) in [4.78, 5) is 6.34. The van der Waals surface area contributed by atoms with Crippen LogP contribution in [0.4, 0.5) is 5.69 Å². The zero-order chi connectivity index (χ0) is 13.2. The summed E-state index contributed by atoms with van der Waals surface area (Å²) in [5.41, 5.74) is 3.22. The van der Waals surface area contributed by atoms with Crippen molar-refractivity contribution >= 4 is 5.69 Å². The zero-order valence-electron chi connectivity index (χ0n) is 11.3. The molecule has 2 heterocycles. The summed E-state index contributed by atoms with van der Waals surface area (Å²) in [5, 5.41) is 9.08. The van der Waals surface area contributed by atoms with Crippen molar-refractivity contribution in [3.8, 4) is 6.07 Å². The Balaban J connectivity index is 2.20. The van der Waals surface area contributed by atoms with E-state index in [1.54, 1.807) is 6.20 Å². The monoisotopic (exact) mass is 241 g/mol. The molecule has 1 aliphatic heterocycles. The molecular weight excluding hydrogens is 222 g/mol. The summed E-state index contributed by atoms with van der Waals surface area (Å²) in [6.45, 7) is 8.58. The predicted molar refractivity (Wildman–Crippen MR) is 73.3 cm³/mol. The molecule has 1 aromatic rings. The highest BCUT2D eigenvalue weighted by atomic mass is 15.1. The highest BCUT2D eigenvalue weighted by Crippen LogP contribution is 2.31. The Kier molecular flexibility index (Phi) is 3.38. The average molecular weight is 241 g/mol. The van der Waals surface area contributed by atoms with E-state index in [1.165, 1.54) is 5.57 Å². The molecule has 1 aliphatic rings. The molecular formula is C15H19N3. The molecule has 2 rings (SSSR count). The summed E-state index contributed by atoms with van der Waals surface area (Å²) >= 11 is 0. The van der Waals surface area contributed by atoms with Crippen molar-refractivity contribution < 1.29 is 0 Å². The molecule has 0 atom stereocenters. The van der Waals surface area contributed by atoms with E-state index in [-0.39, 0.29) is 5.41 Å². The van der Waals surface area contributed by atoms with E-state index in [0.29, 0.717) is 5.69 Å². The smallest absolute Gasteiger partial charge is 0.163 e. The number of pyridine rings is 1. The van der Waals surface area contributed by atoms with Crippen molar-refractivity contribution in [2.45, 2.75) is 27.2 Å². The van der Waals surface area contributed by atoms with Gasteiger partial charge in [-0.1, -0.05) is 32.4 Å². The second-order valence-electron chi connectivity index (χ2n) is 5.66. The Morgan fingerprint density at radius 1 is 1.39 bits per heavy atom. The predicted octanol–water partition coefficient (Wildman–Crippen LogP) is 3.14. The normalized spacial score (nSPS) is 16.1. The third-order valence-electron chi connectivity index (χ3n) is 3.41. The summed E-state index contributed by atoms with van der Waals surface area (Å²) in [6, 6.07) is 6.02. The van der Waals surface area contributed by atoms with E-state index in [0.717, 1.165) is 25.2 Å². The van der Waals surface area contributed by atoms with Gasteiger partial charge >= 0.3 is 0 Å². The van der Waals surface area contributed by atoms with E-state index in [4.69, 9.17) is 5.26 Å². The first-order valence-corrected chi connectivity index (χ1v) is 6.32. The lowest BCUT2D eigenvalue weighted by molar-refractivity contribution is 0.472. The molecule has 3 heteroatoms. The van der Waals surface area contributed by atoms with Crippen molar-refractivity contribution in [2.75, 3.05) is 18.0 Å². The van der Waals surface area contributed by atoms with E-state index in [1.807, 2.05) is 12.1 Å². The minimum Gasteiger partial charge on any atom is -0.365 e. The van der Waals surface area contributed by atoms with Crippen LogP contribution < -0.4 is 4.90 Å². The number of anilines is 1. The fourth-order valence-corrected chi connectivity index (χ4v) is 2.31. The lowest BCUT2D eigenvalue weighted by Crippen LogP contribution is -2.31. The summed E-state index contributed by atoms with van der Waals surface area (Å²) in [6.07, 6.45) is 5.02. The molecule has 0 N–H and O–H groups in total. The van der Waals surface area contributed by atoms with Crippen LogP contribution in [0.2, 0.25) is 0 Å². The third kappa shape index (κ3) is 2.53. The van der Waals surface area contributed by atoms with Gasteiger partial charge in [0.25, 0.3) is 0 Å². The van der Waals surface area contributed by atoms with Crippen LogP contribution in [0.25, 0.3) is 0 Å². The first-order chi connectivity index (χ1) is 8.52. The third-order valence-corrected chi connectivity index (χ3v) is 3.41. The standard InChI is InChI=1S/C15H19N3/c1-15(2,3)12-6-9-18(10-7-12)14-5-4-8-17-13(14)11-16/h4-6,8H,7,9-10H2,1-3H3. The van der Waals surface area contributed by atoms with E-state index in [9.17, 15) is 0 Å². The molecule has 3 nitrogen and oxygen atoms in total. The maximum absolute atomic E-state index is 9.08. The molecule has 0 amide bonds. The number of hydrogen-bond acceptors (Lipinski definition) is 3. The molecule has 0 unspecified atom stereocenters. The molecule has 94 valence electrons. The molecule has 0 aromatic carbocycles. The number of hydrogen-bond donors (Lipinski definition) is 0. The van der Waals surface area contributed by atoms with E-state index >= 15 is 0 Å². The second-order valence-corrected chi connectivity index (χ2v) is 5.66. The van der Waals surface area contributed by atoms with Gasteiger partial charge in [0.1, 0.15) is 6.07 Å². The van der Waals surface area contributed by atoms with Gasteiger partial charge in [-0.3, -0.25) is 0 Å². The maximum Gasteiger partial charge on any atom is 0.163 e. The van der Waals surface area contributed by atoms with Crippen molar-refractivity contribution in [1.29, 1.82) is 5.26 Å². The van der Waals surface area contributed by atoms with Crippen LogP contribution in [0.1, 0.15) is 32.9 Å². The number of nitrogens with zero attached hydrogens (tertiary/aromatic N) is 3. The van der Waals surface area contributed by atoms with Gasteiger partial charge in [0.15, 0.2) is 5.69 Å². The molecule has 0 fully saturated rings. The summed E-state index contributed by atoms with van der Waals surface area (Å²) in [7, 11) is 0. The Bertz CT molecular complexity index is 503. The Morgan fingerprint density at radius 3 is 2.72 bits per heavy atom. The molecule has 0 aliphatic carbocycles. The minimum atomic E-state index is 0.249. The molecule has 0 radical (unpaired) electrons. The molecule has 0 spiro atoms. The van der Waals surface area contributed by atoms with Gasteiger partial charge in [-0.15, -0.1) is 0 Å². The maximum atomic E-state index is 9.08. The first kappa shape index (κ1) is 12.6. The lowest BCUT2D eigenvalue weighted by atomic mass is 9.83. The van der Waals surface area contributed by atoms with Gasteiger partial charge in [-0.2, -0.15) is 5.26 Å². The molecule has 0 saturated carbocycles. The Labute approximate surface area is 109 Å². The minimum absolute atomic E-state index is 0.249. The van der Waals surface area contributed by atoms with Crippen LogP contribution >= 0.6 is 0 Å². The Hall–Kier alpha value is -1.82. The number of rotatable bonds is 1. The van der Waals surface area contributed by atoms with Crippen molar-refractivity contribution in [3.05, 3.63) is 35.7 Å². The molecule has 18 heavy (non-hydrogen) atoms. The zero-order valence-corrected chi connectivity index (χ0v) is 11.3. The lowest BCUT2D eigenvalue weighted by Gasteiger charge is -2.33. The van der Waals surface area contributed by atoms with E-state index in [2.05, 4.69) is 42.8 Å². The average Bonchev–Trinajstić information content (AvgIpc) is 2.38. The van der Waals surface area contributed by atoms with Crippen molar-refractivity contribution in [2.24, 2.45) is 5.41 Å². The van der Waals surface area contributed by atoms with Crippen LogP contribution in [-0.4, -0.2) is 18.1 Å². The SMILES string of the molecule is CC(C)(C)C1=CCN(c2cccnc2C#N)CC1. The molecule has 0 saturated heterocycles.